The lowest BCUT2D eigenvalue weighted by Crippen LogP contribution is -2.38. The van der Waals surface area contributed by atoms with Crippen molar-refractivity contribution in [3.63, 3.8) is 0 Å². The Morgan fingerprint density at radius 1 is 1.21 bits per heavy atom. The van der Waals surface area contributed by atoms with Crippen molar-refractivity contribution in [2.75, 3.05) is 6.54 Å². The molecule has 0 saturated heterocycles. The van der Waals surface area contributed by atoms with Crippen LogP contribution in [0.3, 0.4) is 0 Å². The Morgan fingerprint density at radius 2 is 2.05 bits per heavy atom. The van der Waals surface area contributed by atoms with Crippen molar-refractivity contribution in [3.8, 4) is 0 Å². The maximum absolute atomic E-state index is 9.26. The first kappa shape index (κ1) is 13.1. The largest absolute Gasteiger partial charge is 0.390 e. The third-order valence-corrected chi connectivity index (χ3v) is 4.69. The van der Waals surface area contributed by atoms with E-state index in [-0.39, 0.29) is 6.61 Å². The zero-order valence-corrected chi connectivity index (χ0v) is 11.5. The van der Waals surface area contributed by atoms with Crippen molar-refractivity contribution in [1.29, 1.82) is 0 Å². The van der Waals surface area contributed by atoms with Crippen molar-refractivity contribution in [3.05, 3.63) is 17.0 Å². The molecular weight excluding hydrogens is 240 g/mol. The Hall–Kier alpha value is -0.870. The van der Waals surface area contributed by atoms with Gasteiger partial charge >= 0.3 is 0 Å². The molecule has 106 valence electrons. The number of aliphatic hydroxyl groups excluding tert-OH is 1. The van der Waals surface area contributed by atoms with Crippen LogP contribution in [0.15, 0.2) is 4.52 Å². The van der Waals surface area contributed by atoms with E-state index >= 15 is 0 Å². The van der Waals surface area contributed by atoms with Crippen molar-refractivity contribution in [1.82, 2.24) is 10.5 Å². The molecule has 1 heterocycles. The summed E-state index contributed by atoms with van der Waals surface area (Å²) in [5.74, 6) is 1.86. The van der Waals surface area contributed by atoms with Crippen LogP contribution in [0.4, 0.5) is 0 Å². The molecule has 1 atom stereocenters. The van der Waals surface area contributed by atoms with E-state index in [4.69, 9.17) is 4.52 Å². The number of nitrogens with zero attached hydrogens (tertiary/aromatic N) is 1. The summed E-state index contributed by atoms with van der Waals surface area (Å²) < 4.78 is 5.28. The second-order valence-electron chi connectivity index (χ2n) is 6.04. The Kier molecular flexibility index (Phi) is 4.18. The predicted octanol–water partition coefficient (Wildman–Crippen LogP) is 2.19. The van der Waals surface area contributed by atoms with Gasteiger partial charge in [-0.1, -0.05) is 24.4 Å². The summed E-state index contributed by atoms with van der Waals surface area (Å²) >= 11 is 0. The topological polar surface area (TPSA) is 58.3 Å². The maximum Gasteiger partial charge on any atom is 0.140 e. The molecular formula is C15H24N2O2. The molecule has 0 bridgehead atoms. The zero-order valence-electron chi connectivity index (χ0n) is 11.5. The highest BCUT2D eigenvalue weighted by Gasteiger charge is 2.25. The number of aliphatic hydroxyl groups is 1. The molecule has 1 unspecified atom stereocenters. The molecule has 1 fully saturated rings. The van der Waals surface area contributed by atoms with E-state index in [9.17, 15) is 5.11 Å². The molecule has 1 aromatic rings. The fraction of sp³-hybridized carbons (Fsp3) is 0.800. The third kappa shape index (κ3) is 3.00. The van der Waals surface area contributed by atoms with Crippen LogP contribution in [0.5, 0.6) is 0 Å². The summed E-state index contributed by atoms with van der Waals surface area (Å²) in [6.45, 7) is 1.15. The van der Waals surface area contributed by atoms with Gasteiger partial charge in [0.15, 0.2) is 0 Å². The van der Waals surface area contributed by atoms with Crippen LogP contribution in [-0.4, -0.2) is 22.8 Å². The zero-order chi connectivity index (χ0) is 13.1. The SMILES string of the molecule is OCc1noc2c1CC(NCC1CCCCC1)CC2. The van der Waals surface area contributed by atoms with Gasteiger partial charge in [-0.2, -0.15) is 0 Å². The van der Waals surface area contributed by atoms with Gasteiger partial charge in [0.2, 0.25) is 0 Å². The van der Waals surface area contributed by atoms with Crippen molar-refractivity contribution in [2.45, 2.75) is 64.0 Å². The minimum atomic E-state index is -0.00578. The Bertz CT molecular complexity index is 397. The molecule has 2 aliphatic carbocycles. The molecule has 0 aliphatic heterocycles. The molecule has 2 aliphatic rings. The van der Waals surface area contributed by atoms with E-state index in [2.05, 4.69) is 10.5 Å². The van der Waals surface area contributed by atoms with Crippen LogP contribution in [0.25, 0.3) is 0 Å². The molecule has 0 spiro atoms. The number of rotatable bonds is 4. The monoisotopic (exact) mass is 264 g/mol. The maximum atomic E-state index is 9.26. The summed E-state index contributed by atoms with van der Waals surface area (Å²) in [6, 6.07) is 0.527. The van der Waals surface area contributed by atoms with E-state index in [0.717, 1.165) is 48.7 Å². The van der Waals surface area contributed by atoms with Gasteiger partial charge in [0, 0.05) is 18.0 Å². The number of fused-ring (bicyclic) bond motifs is 1. The Morgan fingerprint density at radius 3 is 2.84 bits per heavy atom. The predicted molar refractivity (Wildman–Crippen MR) is 72.8 cm³/mol. The molecule has 4 heteroatoms. The van der Waals surface area contributed by atoms with Crippen LogP contribution in [0.1, 0.15) is 55.5 Å². The number of hydrogen-bond acceptors (Lipinski definition) is 4. The molecule has 0 amide bonds. The van der Waals surface area contributed by atoms with Gasteiger partial charge in [-0.15, -0.1) is 0 Å². The first-order chi connectivity index (χ1) is 9.36. The average Bonchev–Trinajstić information content (AvgIpc) is 2.88. The molecule has 1 aromatic heterocycles. The molecule has 0 aromatic carbocycles. The van der Waals surface area contributed by atoms with E-state index in [0.29, 0.717) is 6.04 Å². The van der Waals surface area contributed by atoms with Crippen molar-refractivity contribution >= 4 is 0 Å². The fourth-order valence-corrected chi connectivity index (χ4v) is 3.49. The van der Waals surface area contributed by atoms with E-state index in [1.165, 1.54) is 32.1 Å². The Labute approximate surface area is 114 Å². The summed E-state index contributed by atoms with van der Waals surface area (Å²) in [6.07, 6.45) is 10.0. The number of nitrogens with one attached hydrogen (secondary N) is 1. The highest BCUT2D eigenvalue weighted by Crippen LogP contribution is 2.26. The van der Waals surface area contributed by atoms with E-state index in [1.54, 1.807) is 0 Å². The van der Waals surface area contributed by atoms with Gasteiger partial charge in [0.1, 0.15) is 11.5 Å². The standard InChI is InChI=1S/C15H24N2O2/c18-10-14-13-8-12(6-7-15(13)19-17-14)16-9-11-4-2-1-3-5-11/h11-12,16,18H,1-10H2. The lowest BCUT2D eigenvalue weighted by atomic mass is 9.88. The number of hydrogen-bond donors (Lipinski definition) is 2. The van der Waals surface area contributed by atoms with Gasteiger partial charge < -0.3 is 14.9 Å². The van der Waals surface area contributed by atoms with Gasteiger partial charge in [0.05, 0.1) is 6.61 Å². The minimum absolute atomic E-state index is 0.00578. The highest BCUT2D eigenvalue weighted by atomic mass is 16.5. The molecule has 19 heavy (non-hydrogen) atoms. The van der Waals surface area contributed by atoms with E-state index < -0.39 is 0 Å². The smallest absolute Gasteiger partial charge is 0.140 e. The summed E-state index contributed by atoms with van der Waals surface area (Å²) in [7, 11) is 0. The second kappa shape index (κ2) is 6.06. The van der Waals surface area contributed by atoms with Gasteiger partial charge in [-0.3, -0.25) is 0 Å². The lowest BCUT2D eigenvalue weighted by Gasteiger charge is -2.27. The van der Waals surface area contributed by atoms with Crippen molar-refractivity contribution in [2.24, 2.45) is 5.92 Å². The number of aromatic nitrogens is 1. The summed E-state index contributed by atoms with van der Waals surface area (Å²) in [5, 5.41) is 16.9. The molecule has 1 saturated carbocycles. The fourth-order valence-electron chi connectivity index (χ4n) is 3.49. The van der Waals surface area contributed by atoms with Crippen LogP contribution < -0.4 is 5.32 Å². The Balaban J connectivity index is 1.53. The van der Waals surface area contributed by atoms with Crippen LogP contribution >= 0.6 is 0 Å². The van der Waals surface area contributed by atoms with Crippen molar-refractivity contribution < 1.29 is 9.63 Å². The first-order valence-corrected chi connectivity index (χ1v) is 7.67. The quantitative estimate of drug-likeness (QED) is 0.875. The molecule has 3 rings (SSSR count). The number of aryl methyl sites for hydroxylation is 1. The van der Waals surface area contributed by atoms with Gasteiger partial charge in [0.25, 0.3) is 0 Å². The minimum Gasteiger partial charge on any atom is -0.390 e. The first-order valence-electron chi connectivity index (χ1n) is 7.67. The summed E-state index contributed by atoms with van der Waals surface area (Å²) in [5.41, 5.74) is 1.88. The lowest BCUT2D eigenvalue weighted by molar-refractivity contribution is 0.265. The highest BCUT2D eigenvalue weighted by molar-refractivity contribution is 5.26. The van der Waals surface area contributed by atoms with Crippen LogP contribution in [0.2, 0.25) is 0 Å². The van der Waals surface area contributed by atoms with Crippen LogP contribution in [-0.2, 0) is 19.4 Å². The molecule has 0 radical (unpaired) electrons. The molecule has 4 nitrogen and oxygen atoms in total. The normalized spacial score (nSPS) is 24.4. The van der Waals surface area contributed by atoms with Gasteiger partial charge in [-0.25, -0.2) is 0 Å². The van der Waals surface area contributed by atoms with Crippen LogP contribution in [0, 0.1) is 5.92 Å². The van der Waals surface area contributed by atoms with Gasteiger partial charge in [-0.05, 0) is 38.1 Å². The summed E-state index contributed by atoms with van der Waals surface area (Å²) in [4.78, 5) is 0. The van der Waals surface area contributed by atoms with E-state index in [1.807, 2.05) is 0 Å². The second-order valence-corrected chi connectivity index (χ2v) is 6.04. The third-order valence-electron chi connectivity index (χ3n) is 4.69. The molecule has 2 N–H and O–H groups in total. The average molecular weight is 264 g/mol.